The Hall–Kier alpha value is -4.05. The number of hydrogen-bond donors (Lipinski definition) is 4. The lowest BCUT2D eigenvalue weighted by Gasteiger charge is -2.14. The summed E-state index contributed by atoms with van der Waals surface area (Å²) >= 11 is 0. The zero-order valence-electron chi connectivity index (χ0n) is 19.5. The molecule has 5 rings (SSSR count). The van der Waals surface area contributed by atoms with Crippen molar-refractivity contribution in [3.05, 3.63) is 78.4 Å². The van der Waals surface area contributed by atoms with E-state index in [2.05, 4.69) is 25.9 Å². The van der Waals surface area contributed by atoms with Crippen molar-refractivity contribution in [3.8, 4) is 5.75 Å². The fourth-order valence-electron chi connectivity index (χ4n) is 4.23. The Morgan fingerprint density at radius 3 is 2.50 bits per heavy atom. The van der Waals surface area contributed by atoms with E-state index in [4.69, 9.17) is 4.18 Å². The first-order chi connectivity index (χ1) is 17.4. The molecule has 1 heterocycles. The summed E-state index contributed by atoms with van der Waals surface area (Å²) in [4.78, 5) is 19.6. The van der Waals surface area contributed by atoms with Crippen LogP contribution in [0.5, 0.6) is 5.75 Å². The molecule has 0 spiro atoms. The van der Waals surface area contributed by atoms with Crippen molar-refractivity contribution in [3.63, 3.8) is 0 Å². The van der Waals surface area contributed by atoms with Crippen LogP contribution in [0.1, 0.15) is 31.2 Å². The molecule has 9 nitrogen and oxygen atoms in total. The third kappa shape index (κ3) is 5.77. The van der Waals surface area contributed by atoms with Gasteiger partial charge in [-0.15, -0.1) is 0 Å². The van der Waals surface area contributed by atoms with Crippen LogP contribution in [0.15, 0.2) is 77.7 Å². The molecule has 0 bridgehead atoms. The van der Waals surface area contributed by atoms with Crippen LogP contribution in [0.2, 0.25) is 0 Å². The van der Waals surface area contributed by atoms with E-state index in [0.717, 1.165) is 24.1 Å². The third-order valence-corrected chi connectivity index (χ3v) is 7.32. The minimum absolute atomic E-state index is 0.0686. The molecular weight excluding hydrogens is 478 g/mol. The Labute approximate surface area is 209 Å². The zero-order chi connectivity index (χ0) is 25.0. The highest BCUT2D eigenvalue weighted by Crippen LogP contribution is 2.26. The second-order valence-electron chi connectivity index (χ2n) is 8.75. The minimum Gasteiger partial charge on any atom is -0.382 e. The number of H-pyrrole nitrogens is 1. The Morgan fingerprint density at radius 2 is 1.75 bits per heavy atom. The van der Waals surface area contributed by atoms with Crippen molar-refractivity contribution in [1.82, 2.24) is 15.3 Å². The Kier molecular flexibility index (Phi) is 6.77. The smallest absolute Gasteiger partial charge is 0.339 e. The van der Waals surface area contributed by atoms with Crippen molar-refractivity contribution in [2.24, 2.45) is 0 Å². The molecule has 1 fully saturated rings. The lowest BCUT2D eigenvalue weighted by Crippen LogP contribution is -2.28. The minimum atomic E-state index is -4.02. The van der Waals surface area contributed by atoms with Crippen LogP contribution in [0.4, 0.5) is 16.4 Å². The zero-order valence-corrected chi connectivity index (χ0v) is 20.3. The fourth-order valence-corrected chi connectivity index (χ4v) is 5.15. The number of nitrogens with one attached hydrogen (secondary N) is 4. The Morgan fingerprint density at radius 1 is 1.00 bits per heavy atom. The fraction of sp³-hybridized carbons (Fsp3) is 0.231. The number of hydrogen-bond acceptors (Lipinski definition) is 6. The summed E-state index contributed by atoms with van der Waals surface area (Å²) < 4.78 is 30.9. The number of carbonyl (C=O) groups excluding carboxylic acids is 1. The summed E-state index contributed by atoms with van der Waals surface area (Å²) in [7, 11) is -4.02. The van der Waals surface area contributed by atoms with Crippen molar-refractivity contribution in [2.45, 2.75) is 43.2 Å². The van der Waals surface area contributed by atoms with Gasteiger partial charge in [0.25, 0.3) is 0 Å². The van der Waals surface area contributed by atoms with Gasteiger partial charge in [-0.25, -0.2) is 9.78 Å². The van der Waals surface area contributed by atoms with E-state index in [1.165, 1.54) is 37.1 Å². The SMILES string of the molecule is O=C(NCc1ccccc1)Nc1nc2cc(OS(=O)(=O)c3ccc(NC4CCCC4)cc3)ccc2[nH]1. The van der Waals surface area contributed by atoms with Gasteiger partial charge in [0.15, 0.2) is 0 Å². The molecule has 1 aliphatic rings. The topological polar surface area (TPSA) is 125 Å². The number of benzene rings is 3. The molecule has 2 amide bonds. The van der Waals surface area contributed by atoms with Crippen LogP contribution in [0.25, 0.3) is 11.0 Å². The molecule has 0 atom stereocenters. The molecule has 10 heteroatoms. The summed E-state index contributed by atoms with van der Waals surface area (Å²) in [5, 5.41) is 8.84. The van der Waals surface area contributed by atoms with Crippen LogP contribution >= 0.6 is 0 Å². The first kappa shape index (κ1) is 23.7. The van der Waals surface area contributed by atoms with Crippen LogP contribution in [-0.2, 0) is 16.7 Å². The van der Waals surface area contributed by atoms with Gasteiger partial charge in [-0.05, 0) is 54.8 Å². The van der Waals surface area contributed by atoms with Gasteiger partial charge in [0.1, 0.15) is 10.6 Å². The van der Waals surface area contributed by atoms with Gasteiger partial charge in [-0.2, -0.15) is 8.42 Å². The molecule has 1 aromatic heterocycles. The number of amides is 2. The standard InChI is InChI=1S/C26H27N5O4S/c32-26(27-17-18-6-2-1-3-7-18)31-25-29-23-15-12-21(16-24(23)30-25)35-36(33,34)22-13-10-20(11-14-22)28-19-8-4-5-9-19/h1-3,6-7,10-16,19,28H,4-5,8-9,17H2,(H3,27,29,30,31,32). The molecule has 0 aliphatic heterocycles. The maximum Gasteiger partial charge on any atom is 0.339 e. The summed E-state index contributed by atoms with van der Waals surface area (Å²) in [6, 6.07) is 20.8. The summed E-state index contributed by atoms with van der Waals surface area (Å²) in [6.45, 7) is 0.375. The lowest BCUT2D eigenvalue weighted by molar-refractivity contribution is 0.251. The van der Waals surface area contributed by atoms with E-state index >= 15 is 0 Å². The van der Waals surface area contributed by atoms with Gasteiger partial charge in [0.2, 0.25) is 5.95 Å². The maximum atomic E-state index is 12.8. The lowest BCUT2D eigenvalue weighted by atomic mass is 10.2. The number of fused-ring (bicyclic) bond motifs is 1. The molecule has 1 saturated carbocycles. The number of rotatable bonds is 8. The number of anilines is 2. The monoisotopic (exact) mass is 505 g/mol. The average molecular weight is 506 g/mol. The van der Waals surface area contributed by atoms with Crippen LogP contribution in [0, 0.1) is 0 Å². The number of imidazole rings is 1. The number of carbonyl (C=O) groups is 1. The highest BCUT2D eigenvalue weighted by atomic mass is 32.2. The van der Waals surface area contributed by atoms with Crippen molar-refractivity contribution < 1.29 is 17.4 Å². The van der Waals surface area contributed by atoms with E-state index in [0.29, 0.717) is 23.6 Å². The second-order valence-corrected chi connectivity index (χ2v) is 10.3. The van der Waals surface area contributed by atoms with Crippen LogP contribution in [0.3, 0.4) is 0 Å². The van der Waals surface area contributed by atoms with Crippen LogP contribution < -0.4 is 20.1 Å². The molecule has 36 heavy (non-hydrogen) atoms. The van der Waals surface area contributed by atoms with E-state index < -0.39 is 16.1 Å². The van der Waals surface area contributed by atoms with E-state index in [1.54, 1.807) is 18.2 Å². The molecule has 4 aromatic rings. The molecule has 186 valence electrons. The third-order valence-electron chi connectivity index (χ3n) is 6.06. The number of aromatic nitrogens is 2. The number of nitrogens with zero attached hydrogens (tertiary/aromatic N) is 1. The maximum absolute atomic E-state index is 12.8. The highest BCUT2D eigenvalue weighted by molar-refractivity contribution is 7.87. The molecule has 0 unspecified atom stereocenters. The molecule has 0 saturated heterocycles. The summed E-state index contributed by atoms with van der Waals surface area (Å²) in [6.07, 6.45) is 4.71. The van der Waals surface area contributed by atoms with Crippen molar-refractivity contribution in [1.29, 1.82) is 0 Å². The van der Waals surface area contributed by atoms with Gasteiger partial charge in [0, 0.05) is 24.3 Å². The second kappa shape index (κ2) is 10.3. The van der Waals surface area contributed by atoms with E-state index in [9.17, 15) is 13.2 Å². The Balaban J connectivity index is 1.21. The number of aromatic amines is 1. The van der Waals surface area contributed by atoms with Gasteiger partial charge in [0.05, 0.1) is 11.0 Å². The predicted molar refractivity (Wildman–Crippen MR) is 139 cm³/mol. The van der Waals surface area contributed by atoms with Gasteiger partial charge in [-0.3, -0.25) is 5.32 Å². The average Bonchev–Trinajstić information content (AvgIpc) is 3.52. The largest absolute Gasteiger partial charge is 0.382 e. The highest BCUT2D eigenvalue weighted by Gasteiger charge is 2.19. The quantitative estimate of drug-likeness (QED) is 0.250. The van der Waals surface area contributed by atoms with Gasteiger partial charge in [-0.1, -0.05) is 43.2 Å². The molecular formula is C26H27N5O4S. The molecule has 3 aromatic carbocycles. The van der Waals surface area contributed by atoms with Gasteiger partial charge >= 0.3 is 16.1 Å². The van der Waals surface area contributed by atoms with E-state index in [-0.39, 0.29) is 16.6 Å². The first-order valence-corrected chi connectivity index (χ1v) is 13.3. The molecule has 4 N–H and O–H groups in total. The molecule has 0 radical (unpaired) electrons. The normalized spacial score (nSPS) is 14.0. The van der Waals surface area contributed by atoms with Crippen LogP contribution in [-0.4, -0.2) is 30.5 Å². The summed E-state index contributed by atoms with van der Waals surface area (Å²) in [5.41, 5.74) is 2.95. The van der Waals surface area contributed by atoms with Crippen molar-refractivity contribution >= 4 is 38.8 Å². The summed E-state index contributed by atoms with van der Waals surface area (Å²) in [5.74, 6) is 0.364. The number of urea groups is 1. The van der Waals surface area contributed by atoms with E-state index in [1.807, 2.05) is 30.3 Å². The first-order valence-electron chi connectivity index (χ1n) is 11.8. The van der Waals surface area contributed by atoms with Gasteiger partial charge < -0.3 is 19.8 Å². The Bertz CT molecular complexity index is 1450. The molecule has 1 aliphatic carbocycles. The predicted octanol–water partition coefficient (Wildman–Crippen LogP) is 5.01. The van der Waals surface area contributed by atoms with Crippen molar-refractivity contribution in [2.75, 3.05) is 10.6 Å².